The Balaban J connectivity index is 1.56. The third-order valence-corrected chi connectivity index (χ3v) is 4.90. The molecule has 158 valence electrons. The zero-order valence-electron chi connectivity index (χ0n) is 17.9. The molecular weight excluding hydrogens is 376 g/mol. The van der Waals surface area contributed by atoms with E-state index in [9.17, 15) is 4.79 Å². The molecule has 0 saturated heterocycles. The van der Waals surface area contributed by atoms with Gasteiger partial charge in [-0.05, 0) is 62.6 Å². The van der Waals surface area contributed by atoms with Gasteiger partial charge in [0, 0.05) is 17.8 Å². The molecule has 0 aliphatic heterocycles. The maximum absolute atomic E-state index is 12.5. The largest absolute Gasteiger partial charge is 0.490 e. The Kier molecular flexibility index (Phi) is 7.55. The lowest BCUT2D eigenvalue weighted by Crippen LogP contribution is -2.26. The molecule has 5 heteroatoms. The van der Waals surface area contributed by atoms with Crippen molar-refractivity contribution in [3.05, 3.63) is 71.9 Å². The Labute approximate surface area is 178 Å². The molecule has 0 spiro atoms. The SMILES string of the molecule is CCOc1ccc(C(C)NC(=O)CCc2ccc(-c3ccccc3)[nH]2)cc1OCC. The van der Waals surface area contributed by atoms with Gasteiger partial charge in [0.15, 0.2) is 11.5 Å². The first-order valence-electron chi connectivity index (χ1n) is 10.5. The van der Waals surface area contributed by atoms with Gasteiger partial charge < -0.3 is 19.8 Å². The Bertz CT molecular complexity index is 950. The quantitative estimate of drug-likeness (QED) is 0.481. The minimum Gasteiger partial charge on any atom is -0.490 e. The minimum atomic E-state index is -0.115. The van der Waals surface area contributed by atoms with Crippen LogP contribution < -0.4 is 14.8 Å². The number of hydrogen-bond acceptors (Lipinski definition) is 3. The summed E-state index contributed by atoms with van der Waals surface area (Å²) < 4.78 is 11.3. The van der Waals surface area contributed by atoms with Gasteiger partial charge in [0.05, 0.1) is 19.3 Å². The number of carbonyl (C=O) groups is 1. The molecule has 2 aromatic carbocycles. The molecule has 2 N–H and O–H groups in total. The highest BCUT2D eigenvalue weighted by atomic mass is 16.5. The van der Waals surface area contributed by atoms with Crippen molar-refractivity contribution < 1.29 is 14.3 Å². The standard InChI is InChI=1S/C25H30N2O3/c1-4-29-23-15-11-20(17-24(23)30-5-2)18(3)26-25(28)16-13-21-12-14-22(27-21)19-9-7-6-8-10-19/h6-12,14-15,17-18,27H,4-5,13,16H2,1-3H3,(H,26,28). The summed E-state index contributed by atoms with van der Waals surface area (Å²) in [5.41, 5.74) is 4.25. The van der Waals surface area contributed by atoms with Crippen LogP contribution in [0.25, 0.3) is 11.3 Å². The van der Waals surface area contributed by atoms with Gasteiger partial charge in [-0.25, -0.2) is 0 Å². The highest BCUT2D eigenvalue weighted by molar-refractivity contribution is 5.76. The molecule has 5 nitrogen and oxygen atoms in total. The molecule has 1 aromatic heterocycles. The molecular formula is C25H30N2O3. The summed E-state index contributed by atoms with van der Waals surface area (Å²) in [6.45, 7) is 7.00. The first-order chi connectivity index (χ1) is 14.6. The lowest BCUT2D eigenvalue weighted by Gasteiger charge is -2.17. The van der Waals surface area contributed by atoms with Gasteiger partial charge in [-0.3, -0.25) is 4.79 Å². The molecule has 0 bridgehead atoms. The summed E-state index contributed by atoms with van der Waals surface area (Å²) in [4.78, 5) is 15.9. The van der Waals surface area contributed by atoms with Crippen molar-refractivity contribution in [1.29, 1.82) is 0 Å². The molecule has 0 fully saturated rings. The van der Waals surface area contributed by atoms with E-state index >= 15 is 0 Å². The maximum Gasteiger partial charge on any atom is 0.220 e. The van der Waals surface area contributed by atoms with Crippen molar-refractivity contribution in [2.24, 2.45) is 0 Å². The molecule has 1 amide bonds. The molecule has 3 rings (SSSR count). The summed E-state index contributed by atoms with van der Waals surface area (Å²) >= 11 is 0. The topological polar surface area (TPSA) is 63.3 Å². The average molecular weight is 407 g/mol. The van der Waals surface area contributed by atoms with Gasteiger partial charge in [0.2, 0.25) is 5.91 Å². The summed E-state index contributed by atoms with van der Waals surface area (Å²) in [5, 5.41) is 3.08. The molecule has 1 unspecified atom stereocenters. The lowest BCUT2D eigenvalue weighted by atomic mass is 10.1. The van der Waals surface area contributed by atoms with Gasteiger partial charge >= 0.3 is 0 Å². The number of amides is 1. The van der Waals surface area contributed by atoms with Crippen LogP contribution in [-0.4, -0.2) is 24.1 Å². The number of hydrogen-bond donors (Lipinski definition) is 2. The number of rotatable bonds is 10. The number of ether oxygens (including phenoxy) is 2. The summed E-state index contributed by atoms with van der Waals surface area (Å²) in [6, 6.07) is 20.0. The summed E-state index contributed by atoms with van der Waals surface area (Å²) in [7, 11) is 0. The van der Waals surface area contributed by atoms with Crippen LogP contribution in [0.1, 0.15) is 44.5 Å². The molecule has 0 radical (unpaired) electrons. The van der Waals surface area contributed by atoms with Crippen LogP contribution in [0.5, 0.6) is 11.5 Å². The molecule has 0 aliphatic carbocycles. The van der Waals surface area contributed by atoms with E-state index in [1.54, 1.807) is 0 Å². The zero-order valence-corrected chi connectivity index (χ0v) is 17.9. The molecule has 0 saturated carbocycles. The van der Waals surface area contributed by atoms with Gasteiger partial charge in [0.25, 0.3) is 0 Å². The fraction of sp³-hybridized carbons (Fsp3) is 0.320. The van der Waals surface area contributed by atoms with Gasteiger partial charge in [-0.15, -0.1) is 0 Å². The normalized spacial score (nSPS) is 11.7. The van der Waals surface area contributed by atoms with Crippen LogP contribution in [0, 0.1) is 0 Å². The van der Waals surface area contributed by atoms with E-state index in [1.807, 2.05) is 63.2 Å². The van der Waals surface area contributed by atoms with Crippen molar-refractivity contribution in [3.8, 4) is 22.8 Å². The summed E-state index contributed by atoms with van der Waals surface area (Å²) in [6.07, 6.45) is 1.09. The van der Waals surface area contributed by atoms with Crippen molar-refractivity contribution in [2.45, 2.75) is 39.7 Å². The lowest BCUT2D eigenvalue weighted by molar-refractivity contribution is -0.121. The first kappa shape index (κ1) is 21.5. The van der Waals surface area contributed by atoms with Gasteiger partial charge in [-0.1, -0.05) is 36.4 Å². The van der Waals surface area contributed by atoms with E-state index in [0.717, 1.165) is 28.3 Å². The van der Waals surface area contributed by atoms with E-state index in [-0.39, 0.29) is 11.9 Å². The Hall–Kier alpha value is -3.21. The van der Waals surface area contributed by atoms with Crippen molar-refractivity contribution in [3.63, 3.8) is 0 Å². The van der Waals surface area contributed by atoms with Crippen LogP contribution in [0.15, 0.2) is 60.7 Å². The van der Waals surface area contributed by atoms with Crippen LogP contribution >= 0.6 is 0 Å². The third kappa shape index (κ3) is 5.66. The number of aromatic amines is 1. The van der Waals surface area contributed by atoms with Crippen LogP contribution in [0.3, 0.4) is 0 Å². The highest BCUT2D eigenvalue weighted by Crippen LogP contribution is 2.30. The predicted octanol–water partition coefficient (Wildman–Crippen LogP) is 5.29. The molecule has 0 aliphatic rings. The van der Waals surface area contributed by atoms with E-state index in [1.165, 1.54) is 0 Å². The highest BCUT2D eigenvalue weighted by Gasteiger charge is 2.14. The van der Waals surface area contributed by atoms with E-state index in [4.69, 9.17) is 9.47 Å². The van der Waals surface area contributed by atoms with E-state index in [0.29, 0.717) is 31.8 Å². The van der Waals surface area contributed by atoms with Crippen molar-refractivity contribution >= 4 is 5.91 Å². The van der Waals surface area contributed by atoms with E-state index < -0.39 is 0 Å². The smallest absolute Gasteiger partial charge is 0.220 e. The number of aromatic nitrogens is 1. The summed E-state index contributed by atoms with van der Waals surface area (Å²) in [5.74, 6) is 1.45. The second-order valence-corrected chi connectivity index (χ2v) is 7.12. The predicted molar refractivity (Wildman–Crippen MR) is 120 cm³/mol. The zero-order chi connectivity index (χ0) is 21.3. The average Bonchev–Trinajstić information content (AvgIpc) is 3.23. The first-order valence-corrected chi connectivity index (χ1v) is 10.5. The van der Waals surface area contributed by atoms with Crippen LogP contribution in [0.2, 0.25) is 0 Å². The Morgan fingerprint density at radius 3 is 2.43 bits per heavy atom. The second-order valence-electron chi connectivity index (χ2n) is 7.12. The number of benzene rings is 2. The minimum absolute atomic E-state index is 0.0187. The number of aryl methyl sites for hydroxylation is 1. The fourth-order valence-corrected chi connectivity index (χ4v) is 3.35. The Morgan fingerprint density at radius 1 is 0.967 bits per heavy atom. The van der Waals surface area contributed by atoms with Crippen molar-refractivity contribution in [1.82, 2.24) is 10.3 Å². The van der Waals surface area contributed by atoms with Gasteiger partial charge in [-0.2, -0.15) is 0 Å². The number of H-pyrrole nitrogens is 1. The number of carbonyl (C=O) groups excluding carboxylic acids is 1. The second kappa shape index (κ2) is 10.5. The number of nitrogens with one attached hydrogen (secondary N) is 2. The fourth-order valence-electron chi connectivity index (χ4n) is 3.35. The van der Waals surface area contributed by atoms with Crippen molar-refractivity contribution in [2.75, 3.05) is 13.2 Å². The molecule has 1 atom stereocenters. The third-order valence-electron chi connectivity index (χ3n) is 4.90. The molecule has 1 heterocycles. The Morgan fingerprint density at radius 2 is 1.70 bits per heavy atom. The molecule has 3 aromatic rings. The van der Waals surface area contributed by atoms with Crippen LogP contribution in [-0.2, 0) is 11.2 Å². The van der Waals surface area contributed by atoms with E-state index in [2.05, 4.69) is 28.5 Å². The molecule has 30 heavy (non-hydrogen) atoms. The van der Waals surface area contributed by atoms with Crippen LogP contribution in [0.4, 0.5) is 0 Å². The monoisotopic (exact) mass is 406 g/mol. The van der Waals surface area contributed by atoms with Gasteiger partial charge in [0.1, 0.15) is 0 Å². The maximum atomic E-state index is 12.5.